The minimum atomic E-state index is -1.33. The van der Waals surface area contributed by atoms with Gasteiger partial charge in [0.15, 0.2) is 11.6 Å². The van der Waals surface area contributed by atoms with Crippen molar-refractivity contribution in [3.05, 3.63) is 24.0 Å². The van der Waals surface area contributed by atoms with Crippen LogP contribution in [0.4, 0.5) is 10.1 Å². The average molecular weight is 267 g/mol. The van der Waals surface area contributed by atoms with Crippen molar-refractivity contribution >= 4 is 17.6 Å². The molecule has 1 saturated carbocycles. The van der Waals surface area contributed by atoms with Crippen molar-refractivity contribution in [2.45, 2.75) is 12.8 Å². The van der Waals surface area contributed by atoms with Crippen LogP contribution in [0.15, 0.2) is 18.2 Å². The maximum atomic E-state index is 13.6. The van der Waals surface area contributed by atoms with Crippen LogP contribution in [0.3, 0.4) is 0 Å². The molecule has 1 N–H and O–H groups in total. The van der Waals surface area contributed by atoms with E-state index in [4.69, 9.17) is 9.84 Å². The summed E-state index contributed by atoms with van der Waals surface area (Å²) in [5.41, 5.74) is -1.03. The van der Waals surface area contributed by atoms with E-state index in [-0.39, 0.29) is 5.75 Å². The van der Waals surface area contributed by atoms with Gasteiger partial charge in [-0.15, -0.1) is 0 Å². The summed E-state index contributed by atoms with van der Waals surface area (Å²) in [4.78, 5) is 24.4. The van der Waals surface area contributed by atoms with Gasteiger partial charge in [-0.2, -0.15) is 0 Å². The molecule has 1 aromatic carbocycles. The number of benzene rings is 1. The Bertz CT molecular complexity index is 539. The van der Waals surface area contributed by atoms with Gasteiger partial charge in [-0.05, 0) is 25.0 Å². The van der Waals surface area contributed by atoms with Gasteiger partial charge in [0.25, 0.3) is 0 Å². The van der Waals surface area contributed by atoms with E-state index in [9.17, 15) is 14.0 Å². The number of carbonyl (C=O) groups excluding carboxylic acids is 1. The lowest BCUT2D eigenvalue weighted by Crippen LogP contribution is -2.38. The van der Waals surface area contributed by atoms with Crippen molar-refractivity contribution in [3.8, 4) is 5.75 Å². The molecule has 2 rings (SSSR count). The highest BCUT2D eigenvalue weighted by Crippen LogP contribution is 2.47. The van der Waals surface area contributed by atoms with Crippen LogP contribution in [0.2, 0.25) is 0 Å². The van der Waals surface area contributed by atoms with Crippen LogP contribution in [-0.4, -0.2) is 31.1 Å². The molecule has 0 heterocycles. The molecule has 102 valence electrons. The molecule has 0 saturated heterocycles. The summed E-state index contributed by atoms with van der Waals surface area (Å²) in [7, 11) is 2.78. The molecule has 0 unspecified atom stereocenters. The lowest BCUT2D eigenvalue weighted by atomic mass is 10.1. The van der Waals surface area contributed by atoms with Crippen LogP contribution in [0.25, 0.3) is 0 Å². The molecule has 19 heavy (non-hydrogen) atoms. The monoisotopic (exact) mass is 267 g/mol. The lowest BCUT2D eigenvalue weighted by Gasteiger charge is -2.21. The molecule has 1 aromatic rings. The Hall–Kier alpha value is -2.11. The molecule has 0 atom stereocenters. The highest BCUT2D eigenvalue weighted by molar-refractivity contribution is 6.11. The van der Waals surface area contributed by atoms with Gasteiger partial charge < -0.3 is 14.7 Å². The molecular weight excluding hydrogens is 253 g/mol. The third-order valence-electron chi connectivity index (χ3n) is 3.40. The fourth-order valence-corrected chi connectivity index (χ4v) is 1.95. The summed E-state index contributed by atoms with van der Waals surface area (Å²) in [6.07, 6.45) is 0.647. The van der Waals surface area contributed by atoms with Crippen LogP contribution in [0.5, 0.6) is 5.75 Å². The van der Waals surface area contributed by atoms with Gasteiger partial charge in [-0.3, -0.25) is 9.59 Å². The second-order valence-corrected chi connectivity index (χ2v) is 4.57. The fraction of sp³-hybridized carbons (Fsp3) is 0.385. The average Bonchev–Trinajstić information content (AvgIpc) is 3.18. The number of hydrogen-bond donors (Lipinski definition) is 1. The standard InChI is InChI=1S/C13H14FNO4/c1-15(11(16)13(5-6-13)12(17)18)8-3-4-10(19-2)9(14)7-8/h3-4,7H,5-6H2,1-2H3,(H,17,18). The van der Waals surface area contributed by atoms with Crippen molar-refractivity contribution in [2.75, 3.05) is 19.1 Å². The number of ether oxygens (including phenoxy) is 1. The Morgan fingerprint density at radius 1 is 1.42 bits per heavy atom. The van der Waals surface area contributed by atoms with Gasteiger partial charge in [0.2, 0.25) is 5.91 Å². The molecule has 5 nitrogen and oxygen atoms in total. The minimum Gasteiger partial charge on any atom is -0.494 e. The first kappa shape index (κ1) is 13.3. The summed E-state index contributed by atoms with van der Waals surface area (Å²) >= 11 is 0. The van der Waals surface area contributed by atoms with E-state index < -0.39 is 23.1 Å². The van der Waals surface area contributed by atoms with Crippen LogP contribution >= 0.6 is 0 Å². The third-order valence-corrected chi connectivity index (χ3v) is 3.40. The smallest absolute Gasteiger partial charge is 0.319 e. The molecule has 0 aliphatic heterocycles. The lowest BCUT2D eigenvalue weighted by molar-refractivity contribution is -0.148. The first-order valence-electron chi connectivity index (χ1n) is 5.77. The number of carboxylic acids is 1. The SMILES string of the molecule is COc1ccc(N(C)C(=O)C2(C(=O)O)CC2)cc1F. The number of hydrogen-bond acceptors (Lipinski definition) is 3. The number of methoxy groups -OCH3 is 1. The van der Waals surface area contributed by atoms with Crippen molar-refractivity contribution < 1.29 is 23.8 Å². The maximum absolute atomic E-state index is 13.6. The topological polar surface area (TPSA) is 66.8 Å². The van der Waals surface area contributed by atoms with E-state index in [1.54, 1.807) is 0 Å². The molecule has 0 aromatic heterocycles. The minimum absolute atomic E-state index is 0.0731. The Morgan fingerprint density at radius 3 is 2.47 bits per heavy atom. The number of amides is 1. The highest BCUT2D eigenvalue weighted by Gasteiger charge is 2.58. The van der Waals surface area contributed by atoms with E-state index >= 15 is 0 Å². The van der Waals surface area contributed by atoms with Gasteiger partial charge in [-0.25, -0.2) is 4.39 Å². The van der Waals surface area contributed by atoms with E-state index in [1.165, 1.54) is 31.2 Å². The van der Waals surface area contributed by atoms with E-state index in [1.807, 2.05) is 0 Å². The Kier molecular flexibility index (Phi) is 3.18. The quantitative estimate of drug-likeness (QED) is 0.842. The molecule has 1 fully saturated rings. The van der Waals surface area contributed by atoms with E-state index in [0.717, 1.165) is 6.07 Å². The summed E-state index contributed by atoms with van der Waals surface area (Å²) in [5.74, 6) is -2.17. The van der Waals surface area contributed by atoms with E-state index in [0.29, 0.717) is 18.5 Å². The van der Waals surface area contributed by atoms with E-state index in [2.05, 4.69) is 0 Å². The van der Waals surface area contributed by atoms with Crippen molar-refractivity contribution in [3.63, 3.8) is 0 Å². The normalized spacial score (nSPS) is 15.7. The zero-order valence-electron chi connectivity index (χ0n) is 10.6. The number of carbonyl (C=O) groups is 2. The van der Waals surface area contributed by atoms with Crippen molar-refractivity contribution in [1.29, 1.82) is 0 Å². The third kappa shape index (κ3) is 2.14. The Labute approximate surface area is 109 Å². The summed E-state index contributed by atoms with van der Waals surface area (Å²) in [6.45, 7) is 0. The van der Waals surface area contributed by atoms with Crippen LogP contribution in [-0.2, 0) is 9.59 Å². The van der Waals surface area contributed by atoms with Gasteiger partial charge in [0.05, 0.1) is 7.11 Å². The molecule has 1 amide bonds. The second-order valence-electron chi connectivity index (χ2n) is 4.57. The number of halogens is 1. The molecule has 0 bridgehead atoms. The number of aliphatic carboxylic acids is 1. The number of anilines is 1. The zero-order chi connectivity index (χ0) is 14.2. The maximum Gasteiger partial charge on any atom is 0.319 e. The molecule has 6 heteroatoms. The number of nitrogens with zero attached hydrogens (tertiary/aromatic N) is 1. The van der Waals surface area contributed by atoms with Gasteiger partial charge in [-0.1, -0.05) is 0 Å². The summed E-state index contributed by atoms with van der Waals surface area (Å²) in [6, 6.07) is 4.06. The molecule has 1 aliphatic carbocycles. The van der Waals surface area contributed by atoms with Crippen LogP contribution in [0.1, 0.15) is 12.8 Å². The van der Waals surface area contributed by atoms with Gasteiger partial charge in [0, 0.05) is 18.8 Å². The molecule has 1 aliphatic rings. The molecule has 0 radical (unpaired) electrons. The predicted molar refractivity (Wildman–Crippen MR) is 65.7 cm³/mol. The number of rotatable bonds is 4. The summed E-state index contributed by atoms with van der Waals surface area (Å²) in [5, 5.41) is 9.07. The van der Waals surface area contributed by atoms with Crippen LogP contribution < -0.4 is 9.64 Å². The largest absolute Gasteiger partial charge is 0.494 e. The zero-order valence-corrected chi connectivity index (χ0v) is 10.6. The first-order valence-corrected chi connectivity index (χ1v) is 5.77. The van der Waals surface area contributed by atoms with Gasteiger partial charge >= 0.3 is 5.97 Å². The Balaban J connectivity index is 2.25. The predicted octanol–water partition coefficient (Wildman–Crippen LogP) is 1.66. The van der Waals surface area contributed by atoms with Gasteiger partial charge in [0.1, 0.15) is 5.41 Å². The fourth-order valence-electron chi connectivity index (χ4n) is 1.95. The molecular formula is C13H14FNO4. The highest BCUT2D eigenvalue weighted by atomic mass is 19.1. The summed E-state index contributed by atoms with van der Waals surface area (Å²) < 4.78 is 18.4. The number of carboxylic acid groups (broad SMARTS) is 1. The van der Waals surface area contributed by atoms with Crippen molar-refractivity contribution in [1.82, 2.24) is 0 Å². The van der Waals surface area contributed by atoms with Crippen LogP contribution in [0, 0.1) is 11.2 Å². The second kappa shape index (κ2) is 4.53. The first-order chi connectivity index (χ1) is 8.92. The molecule has 0 spiro atoms. The Morgan fingerprint density at radius 2 is 2.05 bits per heavy atom. The van der Waals surface area contributed by atoms with Crippen molar-refractivity contribution in [2.24, 2.45) is 5.41 Å².